The first kappa shape index (κ1) is 45.2. The summed E-state index contributed by atoms with van der Waals surface area (Å²) < 4.78 is 34.1. The van der Waals surface area contributed by atoms with Gasteiger partial charge in [0.15, 0.2) is 11.6 Å². The van der Waals surface area contributed by atoms with Crippen LogP contribution >= 0.6 is 0 Å². The second kappa shape index (κ2) is 17.3. The lowest BCUT2D eigenvalue weighted by molar-refractivity contribution is -0.398. The van der Waals surface area contributed by atoms with E-state index in [4.69, 9.17) is 23.7 Å². The Labute approximate surface area is 335 Å². The average Bonchev–Trinajstić information content (AvgIpc) is 3.49. The average molecular weight is 792 g/mol. The van der Waals surface area contributed by atoms with E-state index in [0.717, 1.165) is 6.42 Å². The number of rotatable bonds is 13. The summed E-state index contributed by atoms with van der Waals surface area (Å²) in [4.78, 5) is 39.0. The predicted molar refractivity (Wildman–Crippen MR) is 210 cm³/mol. The molecule has 0 aliphatic carbocycles. The van der Waals surface area contributed by atoms with Crippen LogP contribution in [0.5, 0.6) is 0 Å². The molecule has 12 heteroatoms. The Hall–Kier alpha value is -1.93. The van der Waals surface area contributed by atoms with Crippen molar-refractivity contribution in [3.8, 4) is 0 Å². The lowest BCUT2D eigenvalue weighted by Gasteiger charge is -2.55. The van der Waals surface area contributed by atoms with Gasteiger partial charge < -0.3 is 44.3 Å². The van der Waals surface area contributed by atoms with Gasteiger partial charge in [-0.05, 0) is 89.5 Å². The summed E-state index contributed by atoms with van der Waals surface area (Å²) in [6.45, 7) is 21.1. The van der Waals surface area contributed by atoms with Crippen molar-refractivity contribution in [1.82, 2.24) is 5.32 Å². The normalized spacial score (nSPS) is 44.2. The molecule has 0 aromatic rings. The summed E-state index contributed by atoms with van der Waals surface area (Å²) in [6.07, 6.45) is 6.79. The molecular weight excluding hydrogens is 718 g/mol. The van der Waals surface area contributed by atoms with Gasteiger partial charge >= 0.3 is 5.97 Å². The minimum atomic E-state index is -1.27. The van der Waals surface area contributed by atoms with Crippen LogP contribution in [0.25, 0.3) is 0 Å². The molecule has 0 aromatic carbocycles. The quantitative estimate of drug-likeness (QED) is 0.154. The Bertz CT molecular complexity index is 1440. The summed E-state index contributed by atoms with van der Waals surface area (Å²) in [6, 6.07) is -0.595. The number of nitrogens with one attached hydrogen (secondary N) is 1. The van der Waals surface area contributed by atoms with Gasteiger partial charge in [-0.25, -0.2) is 0 Å². The summed E-state index contributed by atoms with van der Waals surface area (Å²) in [5.74, 6) is -5.98. The van der Waals surface area contributed by atoms with Crippen LogP contribution in [0.1, 0.15) is 140 Å². The molecule has 1 amide bonds. The lowest BCUT2D eigenvalue weighted by atomic mass is 9.72. The number of carboxylic acid groups (broad SMARTS) is 1. The fraction of sp³-hybridized carbons (Fsp3) is 0.886. The van der Waals surface area contributed by atoms with Crippen molar-refractivity contribution < 1.29 is 53.4 Å². The summed E-state index contributed by atoms with van der Waals surface area (Å²) >= 11 is 0. The van der Waals surface area contributed by atoms with Crippen LogP contribution in [0.3, 0.4) is 0 Å². The summed E-state index contributed by atoms with van der Waals surface area (Å²) in [5, 5.41) is 35.8. The lowest BCUT2D eigenvalue weighted by Crippen LogP contribution is -2.65. The smallest absolute Gasteiger partial charge is 0.309 e. The van der Waals surface area contributed by atoms with Crippen LogP contribution in [0, 0.1) is 41.4 Å². The van der Waals surface area contributed by atoms with Gasteiger partial charge in [-0.1, -0.05) is 61.5 Å². The van der Waals surface area contributed by atoms with E-state index in [0.29, 0.717) is 57.8 Å². The van der Waals surface area contributed by atoms with Crippen molar-refractivity contribution in [3.63, 3.8) is 0 Å². The predicted octanol–water partition coefficient (Wildman–Crippen LogP) is 6.33. The van der Waals surface area contributed by atoms with E-state index in [9.17, 15) is 29.7 Å². The topological polar surface area (TPSA) is 170 Å². The van der Waals surface area contributed by atoms with Crippen LogP contribution < -0.4 is 5.32 Å². The molecule has 320 valence electrons. The first-order chi connectivity index (χ1) is 26.2. The third-order valence-corrected chi connectivity index (χ3v) is 14.8. The molecule has 5 rings (SSSR count). The van der Waals surface area contributed by atoms with Crippen molar-refractivity contribution >= 4 is 17.7 Å². The van der Waals surface area contributed by atoms with E-state index < -0.39 is 76.8 Å². The first-order valence-corrected chi connectivity index (χ1v) is 21.7. The van der Waals surface area contributed by atoms with Crippen LogP contribution in [-0.2, 0) is 38.1 Å². The number of amides is 1. The number of hydrogen-bond acceptors (Lipinski definition) is 10. The third kappa shape index (κ3) is 8.54. The molecule has 4 N–H and O–H groups in total. The number of aliphatic hydroxyl groups is 2. The van der Waals surface area contributed by atoms with E-state index in [1.54, 1.807) is 6.92 Å². The van der Waals surface area contributed by atoms with Crippen LogP contribution in [-0.4, -0.2) is 98.4 Å². The maximum Gasteiger partial charge on any atom is 0.309 e. The van der Waals surface area contributed by atoms with Gasteiger partial charge in [0.25, 0.3) is 0 Å². The number of carboxylic acids is 1. The van der Waals surface area contributed by atoms with Crippen molar-refractivity contribution in [2.24, 2.45) is 41.4 Å². The van der Waals surface area contributed by atoms with Crippen LogP contribution in [0.2, 0.25) is 0 Å². The molecule has 56 heavy (non-hydrogen) atoms. The van der Waals surface area contributed by atoms with Gasteiger partial charge in [0.2, 0.25) is 5.91 Å². The summed E-state index contributed by atoms with van der Waals surface area (Å²) in [5.41, 5.74) is -1.65. The molecule has 18 atom stereocenters. The minimum Gasteiger partial charge on any atom is -0.481 e. The highest BCUT2D eigenvalue weighted by Gasteiger charge is 2.63. The number of carbonyl (C=O) groups excluding carboxylic acids is 2. The molecule has 5 heterocycles. The molecule has 0 radical (unpaired) electrons. The SMILES string of the molecule is CCC(C(=O)[C@@H](C)[C@@H](O)[C@H](C)[C@@H]1O[C@@H](C(CC)C(=O)O)CC[C@@H]1C)[C@H]1O[C@]2(C=C[C@@H](NC(C)=O)[C@]3(CC[C@@](C)([C@H]4CC[C@](O)(CC)[C@H](C)O4)O3)O2)[C@H](C)C[C@@H]1C. The Balaban J connectivity index is 1.36. The zero-order valence-electron chi connectivity index (χ0n) is 35.9. The number of hydrogen-bond donors (Lipinski definition) is 4. The fourth-order valence-corrected chi connectivity index (χ4v) is 10.9. The number of ketones is 1. The number of aliphatic hydroxyl groups excluding tert-OH is 1. The van der Waals surface area contributed by atoms with Gasteiger partial charge in [0, 0.05) is 37.0 Å². The highest BCUT2D eigenvalue weighted by molar-refractivity contribution is 5.84. The van der Waals surface area contributed by atoms with E-state index in [-0.39, 0.29) is 47.8 Å². The molecule has 5 aliphatic heterocycles. The van der Waals surface area contributed by atoms with E-state index in [2.05, 4.69) is 26.1 Å². The van der Waals surface area contributed by atoms with Crippen molar-refractivity contribution in [2.75, 3.05) is 0 Å². The Morgan fingerprint density at radius 3 is 2.16 bits per heavy atom. The molecule has 5 aliphatic rings. The molecule has 4 fully saturated rings. The molecule has 12 nitrogen and oxygen atoms in total. The Kier molecular flexibility index (Phi) is 14.0. The largest absolute Gasteiger partial charge is 0.481 e. The zero-order chi connectivity index (χ0) is 41.5. The van der Waals surface area contributed by atoms with E-state index >= 15 is 0 Å². The minimum absolute atomic E-state index is 0.000895. The van der Waals surface area contributed by atoms with Crippen LogP contribution in [0.15, 0.2) is 12.2 Å². The van der Waals surface area contributed by atoms with Crippen molar-refractivity contribution in [1.29, 1.82) is 0 Å². The van der Waals surface area contributed by atoms with E-state index in [1.165, 1.54) is 6.92 Å². The zero-order valence-corrected chi connectivity index (χ0v) is 35.9. The monoisotopic (exact) mass is 792 g/mol. The molecular formula is C44H73NO11. The van der Waals surface area contributed by atoms with Gasteiger partial charge in [-0.2, -0.15) is 0 Å². The highest BCUT2D eigenvalue weighted by atomic mass is 16.8. The number of Topliss-reactive ketones (excluding diaryl/α,β-unsaturated/α-hetero) is 1. The molecule has 0 saturated carbocycles. The molecule has 0 aromatic heterocycles. The number of aliphatic carboxylic acids is 1. The number of carbonyl (C=O) groups is 3. The standard InChI is InChI=1S/C44H73NO11/c1-12-31(40(49)50)33-16-15-24(4)38(53-33)28(8)36(47)27(7)37(48)32(13-2)39-25(5)23-26(6)43(54-39)20-17-34(45-30(10)46)44(56-43)22-21-41(11,55-44)35-18-19-42(51,14-3)29(9)52-35/h17,20,24-29,31-36,38-39,47,51H,12-16,18-19,21-23H2,1-11H3,(H,45,46)(H,49,50)/t24-,25-,26+,27-,28-,29-,31?,32?,33+,34+,35+,36+,38+,39-,41-,42+,43-,44-/m0/s1. The third-order valence-electron chi connectivity index (χ3n) is 14.8. The highest BCUT2D eigenvalue weighted by Crippen LogP contribution is 2.54. The maximum atomic E-state index is 14.5. The first-order valence-electron chi connectivity index (χ1n) is 21.7. The fourth-order valence-electron chi connectivity index (χ4n) is 10.9. The molecule has 2 spiro atoms. The number of ether oxygens (including phenoxy) is 5. The van der Waals surface area contributed by atoms with Gasteiger partial charge in [0.1, 0.15) is 11.8 Å². The maximum absolute atomic E-state index is 14.5. The molecule has 0 bridgehead atoms. The second-order valence-electron chi connectivity index (χ2n) is 18.6. The van der Waals surface area contributed by atoms with Crippen LogP contribution in [0.4, 0.5) is 0 Å². The van der Waals surface area contributed by atoms with Gasteiger partial charge in [-0.15, -0.1) is 0 Å². The summed E-state index contributed by atoms with van der Waals surface area (Å²) in [7, 11) is 0. The van der Waals surface area contributed by atoms with Crippen molar-refractivity contribution in [2.45, 2.75) is 206 Å². The van der Waals surface area contributed by atoms with Crippen molar-refractivity contribution in [3.05, 3.63) is 12.2 Å². The van der Waals surface area contributed by atoms with Gasteiger partial charge in [0.05, 0.1) is 53.7 Å². The molecule has 4 saturated heterocycles. The Morgan fingerprint density at radius 1 is 0.893 bits per heavy atom. The molecule has 2 unspecified atom stereocenters. The van der Waals surface area contributed by atoms with E-state index in [1.807, 2.05) is 53.7 Å². The van der Waals surface area contributed by atoms with Gasteiger partial charge in [-0.3, -0.25) is 14.4 Å². The Morgan fingerprint density at radius 2 is 1.57 bits per heavy atom. The second-order valence-corrected chi connectivity index (χ2v) is 18.6.